The first-order valence-electron chi connectivity index (χ1n) is 9.28. The molecule has 0 N–H and O–H groups in total. The molecule has 1 aliphatic heterocycles. The van der Waals surface area contributed by atoms with Gasteiger partial charge in [-0.2, -0.15) is 0 Å². The van der Waals surface area contributed by atoms with Crippen LogP contribution in [0.3, 0.4) is 0 Å². The molecule has 0 aliphatic carbocycles. The first-order valence-corrected chi connectivity index (χ1v) is 9.28. The fraction of sp³-hybridized carbons (Fsp3) is 0.619. The minimum absolute atomic E-state index is 0.265. The molecule has 1 saturated heterocycles. The SMILES string of the molecule is Cc1cccc(C(CCOC(C)(C)C)=C(F)B2OC(C)(C)C(C)(C)O2)c1. The molecule has 0 aromatic heterocycles. The number of hydrogen-bond acceptors (Lipinski definition) is 3. The van der Waals surface area contributed by atoms with Crippen molar-refractivity contribution in [2.24, 2.45) is 0 Å². The van der Waals surface area contributed by atoms with Gasteiger partial charge >= 0.3 is 7.12 Å². The van der Waals surface area contributed by atoms with Gasteiger partial charge in [0.15, 0.2) is 0 Å². The molecule has 0 amide bonds. The Kier molecular flexibility index (Phi) is 6.06. The Balaban J connectivity index is 2.34. The van der Waals surface area contributed by atoms with Crippen LogP contribution in [0.1, 0.15) is 66.0 Å². The molecule has 144 valence electrons. The highest BCUT2D eigenvalue weighted by molar-refractivity contribution is 6.55. The Hall–Kier alpha value is -1.17. The van der Waals surface area contributed by atoms with Crippen molar-refractivity contribution in [1.29, 1.82) is 0 Å². The van der Waals surface area contributed by atoms with Crippen molar-refractivity contribution >= 4 is 12.7 Å². The molecule has 1 aromatic rings. The van der Waals surface area contributed by atoms with E-state index in [0.717, 1.165) is 11.1 Å². The zero-order chi connectivity index (χ0) is 19.8. The van der Waals surface area contributed by atoms with Gasteiger partial charge in [0.05, 0.1) is 23.4 Å². The first-order chi connectivity index (χ1) is 11.8. The van der Waals surface area contributed by atoms with Crippen LogP contribution in [0.15, 0.2) is 30.0 Å². The van der Waals surface area contributed by atoms with Crippen molar-refractivity contribution in [3.63, 3.8) is 0 Å². The van der Waals surface area contributed by atoms with Crippen LogP contribution in [0.25, 0.3) is 5.57 Å². The van der Waals surface area contributed by atoms with E-state index in [4.69, 9.17) is 14.0 Å². The van der Waals surface area contributed by atoms with Gasteiger partial charge in [0.2, 0.25) is 0 Å². The number of ether oxygens (including phenoxy) is 1. The van der Waals surface area contributed by atoms with Crippen molar-refractivity contribution in [3.8, 4) is 0 Å². The highest BCUT2D eigenvalue weighted by atomic mass is 19.1. The Morgan fingerprint density at radius 2 is 1.69 bits per heavy atom. The van der Waals surface area contributed by atoms with Crippen LogP contribution in [0.4, 0.5) is 4.39 Å². The van der Waals surface area contributed by atoms with Crippen LogP contribution in [0, 0.1) is 6.92 Å². The summed E-state index contributed by atoms with van der Waals surface area (Å²) in [6.45, 7) is 16.1. The summed E-state index contributed by atoms with van der Waals surface area (Å²) in [5, 5.41) is 0. The zero-order valence-electron chi connectivity index (χ0n) is 17.4. The summed E-state index contributed by atoms with van der Waals surface area (Å²) < 4.78 is 33.1. The Morgan fingerprint density at radius 3 is 2.19 bits per heavy atom. The Labute approximate surface area is 158 Å². The molecule has 1 aromatic carbocycles. The lowest BCUT2D eigenvalue weighted by Gasteiger charge is -2.32. The summed E-state index contributed by atoms with van der Waals surface area (Å²) >= 11 is 0. The molecule has 0 unspecified atom stereocenters. The molecular weight excluding hydrogens is 330 g/mol. The number of aryl methyl sites for hydroxylation is 1. The van der Waals surface area contributed by atoms with E-state index in [-0.39, 0.29) is 11.3 Å². The summed E-state index contributed by atoms with van der Waals surface area (Å²) in [6, 6.07) is 7.84. The summed E-state index contributed by atoms with van der Waals surface area (Å²) in [5.74, 6) is 0. The molecule has 26 heavy (non-hydrogen) atoms. The quantitative estimate of drug-likeness (QED) is 0.646. The van der Waals surface area contributed by atoms with Gasteiger partial charge in [-0.05, 0) is 72.9 Å². The van der Waals surface area contributed by atoms with Crippen molar-refractivity contribution in [1.82, 2.24) is 0 Å². The number of halogens is 1. The maximum Gasteiger partial charge on any atom is 0.525 e. The van der Waals surface area contributed by atoms with E-state index in [1.165, 1.54) is 0 Å². The monoisotopic (exact) mass is 362 g/mol. The average molecular weight is 362 g/mol. The van der Waals surface area contributed by atoms with E-state index >= 15 is 4.39 Å². The fourth-order valence-corrected chi connectivity index (χ4v) is 2.78. The van der Waals surface area contributed by atoms with Crippen LogP contribution < -0.4 is 0 Å². The second-order valence-electron chi connectivity index (χ2n) is 9.00. The molecule has 1 fully saturated rings. The van der Waals surface area contributed by atoms with Crippen LogP contribution in [-0.2, 0) is 14.0 Å². The molecule has 1 aliphatic rings. The van der Waals surface area contributed by atoms with E-state index in [1.807, 2.05) is 79.7 Å². The number of rotatable bonds is 5. The third-order valence-corrected chi connectivity index (χ3v) is 5.00. The van der Waals surface area contributed by atoms with Gasteiger partial charge in [0, 0.05) is 0 Å². The molecular formula is C21H32BFO3. The van der Waals surface area contributed by atoms with E-state index in [2.05, 4.69) is 0 Å². The molecule has 0 bridgehead atoms. The topological polar surface area (TPSA) is 27.7 Å². The molecule has 2 rings (SSSR count). The smallest absolute Gasteiger partial charge is 0.398 e. The van der Waals surface area contributed by atoms with Gasteiger partial charge in [-0.1, -0.05) is 29.8 Å². The third-order valence-electron chi connectivity index (χ3n) is 5.00. The molecule has 1 heterocycles. The maximum absolute atomic E-state index is 15.5. The lowest BCUT2D eigenvalue weighted by Crippen LogP contribution is -2.41. The average Bonchev–Trinajstić information content (AvgIpc) is 2.70. The highest BCUT2D eigenvalue weighted by Crippen LogP contribution is 2.40. The zero-order valence-corrected chi connectivity index (χ0v) is 17.4. The van der Waals surface area contributed by atoms with Crippen molar-refractivity contribution < 1.29 is 18.4 Å². The molecule has 0 atom stereocenters. The summed E-state index contributed by atoms with van der Waals surface area (Å²) in [7, 11) is -0.995. The number of hydrogen-bond donors (Lipinski definition) is 0. The maximum atomic E-state index is 15.5. The van der Waals surface area contributed by atoms with Gasteiger partial charge in [-0.25, -0.2) is 4.39 Å². The highest BCUT2D eigenvalue weighted by Gasteiger charge is 2.53. The van der Waals surface area contributed by atoms with Gasteiger partial charge in [-0.3, -0.25) is 0 Å². The van der Waals surface area contributed by atoms with E-state index in [9.17, 15) is 0 Å². The standard InChI is InChI=1S/C21H32BFO3/c1-15-10-9-11-16(14-15)17(12-13-24-19(2,3)4)18(23)22-25-20(5,6)21(7,8)26-22/h9-11,14H,12-13H2,1-8H3. The van der Waals surface area contributed by atoms with E-state index < -0.39 is 18.3 Å². The van der Waals surface area contributed by atoms with E-state index in [0.29, 0.717) is 18.6 Å². The molecule has 5 heteroatoms. The van der Waals surface area contributed by atoms with Gasteiger partial charge in [-0.15, -0.1) is 0 Å². The summed E-state index contributed by atoms with van der Waals surface area (Å²) in [5.41, 5.74) is 0.721. The molecule has 3 nitrogen and oxygen atoms in total. The van der Waals surface area contributed by atoms with Gasteiger partial charge < -0.3 is 14.0 Å². The fourth-order valence-electron chi connectivity index (χ4n) is 2.78. The second kappa shape index (κ2) is 7.45. The predicted octanol–water partition coefficient (Wildman–Crippen LogP) is 5.51. The van der Waals surface area contributed by atoms with Crippen molar-refractivity contribution in [3.05, 3.63) is 41.1 Å². The van der Waals surface area contributed by atoms with Crippen LogP contribution in [0.5, 0.6) is 0 Å². The van der Waals surface area contributed by atoms with Gasteiger partial charge in [0.1, 0.15) is 5.73 Å². The minimum Gasteiger partial charge on any atom is -0.398 e. The first kappa shape index (κ1) is 21.1. The summed E-state index contributed by atoms with van der Waals surface area (Å²) in [6.07, 6.45) is 0.455. The van der Waals surface area contributed by atoms with Gasteiger partial charge in [0.25, 0.3) is 0 Å². The lowest BCUT2D eigenvalue weighted by molar-refractivity contribution is 0.000563. The van der Waals surface area contributed by atoms with E-state index in [1.54, 1.807) is 0 Å². The van der Waals surface area contributed by atoms with Crippen LogP contribution in [-0.4, -0.2) is 30.5 Å². The third kappa shape index (κ3) is 4.96. The number of benzene rings is 1. The Bertz CT molecular complexity index is 658. The molecule has 0 saturated carbocycles. The second-order valence-corrected chi connectivity index (χ2v) is 9.00. The van der Waals surface area contributed by atoms with Crippen molar-refractivity contribution in [2.45, 2.75) is 78.6 Å². The normalized spacial score (nSPS) is 20.3. The molecule has 0 radical (unpaired) electrons. The minimum atomic E-state index is -0.995. The lowest BCUT2D eigenvalue weighted by atomic mass is 9.81. The largest absolute Gasteiger partial charge is 0.525 e. The van der Waals surface area contributed by atoms with Crippen molar-refractivity contribution in [2.75, 3.05) is 6.61 Å². The van der Waals surface area contributed by atoms with Crippen LogP contribution >= 0.6 is 0 Å². The van der Waals surface area contributed by atoms with Crippen LogP contribution in [0.2, 0.25) is 0 Å². The summed E-state index contributed by atoms with van der Waals surface area (Å²) in [4.78, 5) is 0. The Morgan fingerprint density at radius 1 is 1.12 bits per heavy atom. The molecule has 0 spiro atoms. The predicted molar refractivity (Wildman–Crippen MR) is 106 cm³/mol.